The molecule has 1 amide bonds. The summed E-state index contributed by atoms with van der Waals surface area (Å²) in [5.41, 5.74) is 6.65. The number of carbonyl (C=O) groups is 1. The number of rotatable bonds is 4. The summed E-state index contributed by atoms with van der Waals surface area (Å²) in [5, 5.41) is 2.05. The van der Waals surface area contributed by atoms with E-state index >= 15 is 0 Å². The molecule has 1 unspecified atom stereocenters. The molecule has 0 aliphatic heterocycles. The van der Waals surface area contributed by atoms with Crippen molar-refractivity contribution >= 4 is 17.2 Å². The average molecular weight is 306 g/mol. The van der Waals surface area contributed by atoms with Crippen molar-refractivity contribution in [3.63, 3.8) is 0 Å². The number of amides is 1. The van der Waals surface area contributed by atoms with E-state index < -0.39 is 0 Å². The van der Waals surface area contributed by atoms with Gasteiger partial charge in [0.25, 0.3) is 0 Å². The Morgan fingerprint density at radius 2 is 2.14 bits per heavy atom. The molecule has 1 atom stereocenters. The molecule has 1 aromatic heterocycles. The summed E-state index contributed by atoms with van der Waals surface area (Å²) in [6, 6.07) is 2.03. The van der Waals surface area contributed by atoms with Gasteiger partial charge in [-0.25, -0.2) is 0 Å². The van der Waals surface area contributed by atoms with Crippen LogP contribution in [0.3, 0.4) is 0 Å². The van der Waals surface area contributed by atoms with Crippen molar-refractivity contribution in [3.05, 3.63) is 21.9 Å². The second kappa shape index (κ2) is 7.63. The van der Waals surface area contributed by atoms with Crippen LogP contribution in [0.1, 0.15) is 44.6 Å². The molecule has 116 valence electrons. The van der Waals surface area contributed by atoms with Crippen LogP contribution < -0.4 is 5.73 Å². The molecule has 4 heteroatoms. The third-order valence-corrected chi connectivity index (χ3v) is 4.67. The summed E-state index contributed by atoms with van der Waals surface area (Å²) in [6.45, 7) is 9.66. The molecule has 3 nitrogen and oxygen atoms in total. The van der Waals surface area contributed by atoms with Gasteiger partial charge in [-0.05, 0) is 28.3 Å². The highest BCUT2D eigenvalue weighted by Gasteiger charge is 2.24. The van der Waals surface area contributed by atoms with E-state index in [1.54, 1.807) is 16.2 Å². The molecule has 0 saturated heterocycles. The standard InChI is InChI=1S/C17H26N2OS/c1-13(17(2,3)4)9-16(20)19(5)11-14-10-15(21-12-14)7-6-8-18/h10,12-13H,8-9,11,18H2,1-5H3. The van der Waals surface area contributed by atoms with Crippen molar-refractivity contribution in [3.8, 4) is 11.8 Å². The second-order valence-electron chi connectivity index (χ2n) is 6.55. The fourth-order valence-electron chi connectivity index (χ4n) is 1.75. The van der Waals surface area contributed by atoms with E-state index in [1.807, 2.05) is 13.1 Å². The molecular weight excluding hydrogens is 280 g/mol. The predicted octanol–water partition coefficient (Wildman–Crippen LogP) is 3.09. The third-order valence-electron chi connectivity index (χ3n) is 3.77. The Morgan fingerprint density at radius 1 is 1.48 bits per heavy atom. The van der Waals surface area contributed by atoms with Crippen molar-refractivity contribution in [1.29, 1.82) is 0 Å². The molecule has 0 aliphatic carbocycles. The zero-order valence-corrected chi connectivity index (χ0v) is 14.5. The van der Waals surface area contributed by atoms with E-state index in [1.165, 1.54) is 0 Å². The minimum Gasteiger partial charge on any atom is -0.341 e. The molecule has 1 rings (SSSR count). The quantitative estimate of drug-likeness (QED) is 0.869. The number of nitrogens with zero attached hydrogens (tertiary/aromatic N) is 1. The molecule has 21 heavy (non-hydrogen) atoms. The molecule has 2 N–H and O–H groups in total. The summed E-state index contributed by atoms with van der Waals surface area (Å²) < 4.78 is 0. The van der Waals surface area contributed by atoms with E-state index in [0.29, 0.717) is 25.4 Å². The lowest BCUT2D eigenvalue weighted by atomic mass is 9.80. The molecule has 0 radical (unpaired) electrons. The average Bonchev–Trinajstić information content (AvgIpc) is 2.82. The van der Waals surface area contributed by atoms with Gasteiger partial charge in [0, 0.05) is 20.0 Å². The molecule has 0 fully saturated rings. The Balaban J connectivity index is 2.58. The Labute approximate surface area is 132 Å². The highest BCUT2D eigenvalue weighted by molar-refractivity contribution is 7.10. The van der Waals surface area contributed by atoms with E-state index in [4.69, 9.17) is 5.73 Å². The summed E-state index contributed by atoms with van der Waals surface area (Å²) in [6.07, 6.45) is 0.587. The lowest BCUT2D eigenvalue weighted by molar-refractivity contribution is -0.132. The van der Waals surface area contributed by atoms with Crippen LogP contribution >= 0.6 is 11.3 Å². The second-order valence-corrected chi connectivity index (χ2v) is 7.46. The van der Waals surface area contributed by atoms with Crippen LogP contribution in [0.15, 0.2) is 11.4 Å². The van der Waals surface area contributed by atoms with E-state index in [9.17, 15) is 4.79 Å². The van der Waals surface area contributed by atoms with Gasteiger partial charge in [0.05, 0.1) is 11.4 Å². The monoisotopic (exact) mass is 306 g/mol. The van der Waals surface area contributed by atoms with Crippen molar-refractivity contribution in [2.45, 2.75) is 40.7 Å². The number of carbonyl (C=O) groups excluding carboxylic acids is 1. The normalized spacial score (nSPS) is 12.5. The maximum atomic E-state index is 12.3. The molecule has 0 saturated carbocycles. The largest absolute Gasteiger partial charge is 0.341 e. The SMILES string of the molecule is CC(CC(=O)N(C)Cc1csc(C#CCN)c1)C(C)(C)C. The van der Waals surface area contributed by atoms with E-state index in [-0.39, 0.29) is 11.3 Å². The zero-order valence-electron chi connectivity index (χ0n) is 13.7. The Hall–Kier alpha value is -1.31. The lowest BCUT2D eigenvalue weighted by Gasteiger charge is -2.28. The first-order chi connectivity index (χ1) is 9.74. The summed E-state index contributed by atoms with van der Waals surface area (Å²) in [4.78, 5) is 15.1. The van der Waals surface area contributed by atoms with Gasteiger partial charge >= 0.3 is 0 Å². The molecule has 0 aliphatic rings. The molecule has 1 aromatic rings. The molecule has 0 bridgehead atoms. The molecule has 0 aromatic carbocycles. The number of hydrogen-bond donors (Lipinski definition) is 1. The van der Waals surface area contributed by atoms with Gasteiger partial charge in [-0.2, -0.15) is 0 Å². The highest BCUT2D eigenvalue weighted by atomic mass is 32.1. The number of thiophene rings is 1. The first-order valence-corrected chi connectivity index (χ1v) is 8.12. The minimum atomic E-state index is 0.157. The zero-order chi connectivity index (χ0) is 16.0. The maximum Gasteiger partial charge on any atom is 0.222 e. The van der Waals surface area contributed by atoms with Crippen LogP contribution in [0, 0.1) is 23.2 Å². The van der Waals surface area contributed by atoms with Crippen LogP contribution in [0.25, 0.3) is 0 Å². The van der Waals surface area contributed by atoms with Gasteiger partial charge in [-0.3, -0.25) is 4.79 Å². The fourth-order valence-corrected chi connectivity index (χ4v) is 2.52. The minimum absolute atomic E-state index is 0.157. The van der Waals surface area contributed by atoms with Gasteiger partial charge < -0.3 is 10.6 Å². The lowest BCUT2D eigenvalue weighted by Crippen LogP contribution is -2.30. The van der Waals surface area contributed by atoms with Crippen molar-refractivity contribution in [2.75, 3.05) is 13.6 Å². The van der Waals surface area contributed by atoms with Crippen molar-refractivity contribution in [1.82, 2.24) is 4.90 Å². The van der Waals surface area contributed by atoms with Crippen molar-refractivity contribution < 1.29 is 4.79 Å². The smallest absolute Gasteiger partial charge is 0.222 e. The Morgan fingerprint density at radius 3 is 2.71 bits per heavy atom. The molecule has 0 spiro atoms. The summed E-state index contributed by atoms with van der Waals surface area (Å²) in [7, 11) is 1.86. The predicted molar refractivity (Wildman–Crippen MR) is 90.0 cm³/mol. The first kappa shape index (κ1) is 17.7. The van der Waals surface area contributed by atoms with Crippen LogP contribution in [0.4, 0.5) is 0 Å². The van der Waals surface area contributed by atoms with Crippen LogP contribution in [-0.2, 0) is 11.3 Å². The van der Waals surface area contributed by atoms with E-state index in [0.717, 1.165) is 10.4 Å². The van der Waals surface area contributed by atoms with Gasteiger partial charge in [-0.15, -0.1) is 11.3 Å². The number of nitrogens with two attached hydrogens (primary N) is 1. The topological polar surface area (TPSA) is 46.3 Å². The van der Waals surface area contributed by atoms with Gasteiger partial charge in [0.15, 0.2) is 0 Å². The van der Waals surface area contributed by atoms with E-state index in [2.05, 4.69) is 44.9 Å². The molecule has 1 heterocycles. The number of hydrogen-bond acceptors (Lipinski definition) is 3. The fraction of sp³-hybridized carbons (Fsp3) is 0.588. The summed E-state index contributed by atoms with van der Waals surface area (Å²) in [5.74, 6) is 6.42. The van der Waals surface area contributed by atoms with Gasteiger partial charge in [-0.1, -0.05) is 39.5 Å². The Kier molecular flexibility index (Phi) is 6.44. The highest BCUT2D eigenvalue weighted by Crippen LogP contribution is 2.28. The summed E-state index contributed by atoms with van der Waals surface area (Å²) >= 11 is 1.59. The Bertz CT molecular complexity index is 531. The van der Waals surface area contributed by atoms with Crippen LogP contribution in [0.5, 0.6) is 0 Å². The van der Waals surface area contributed by atoms with Crippen LogP contribution in [-0.4, -0.2) is 24.4 Å². The first-order valence-electron chi connectivity index (χ1n) is 7.24. The van der Waals surface area contributed by atoms with Crippen molar-refractivity contribution in [2.24, 2.45) is 17.1 Å². The maximum absolute atomic E-state index is 12.3. The third kappa shape index (κ3) is 5.91. The van der Waals surface area contributed by atoms with Crippen LogP contribution in [0.2, 0.25) is 0 Å². The molecular formula is C17H26N2OS. The van der Waals surface area contributed by atoms with Gasteiger partial charge in [0.2, 0.25) is 5.91 Å². The van der Waals surface area contributed by atoms with Gasteiger partial charge in [0.1, 0.15) is 0 Å².